The maximum atomic E-state index is 12.4. The number of para-hydroxylation sites is 1. The predicted molar refractivity (Wildman–Crippen MR) is 144 cm³/mol. The van der Waals surface area contributed by atoms with Gasteiger partial charge in [-0.3, -0.25) is 4.79 Å². The van der Waals surface area contributed by atoms with E-state index in [0.717, 1.165) is 48.5 Å². The van der Waals surface area contributed by atoms with Gasteiger partial charge in [0.15, 0.2) is 0 Å². The molecule has 4 rings (SSSR count). The Morgan fingerprint density at radius 1 is 1.00 bits per heavy atom. The van der Waals surface area contributed by atoms with Crippen molar-refractivity contribution >= 4 is 5.91 Å². The summed E-state index contributed by atoms with van der Waals surface area (Å²) >= 11 is 0. The number of methoxy groups -OCH3 is 1. The second kappa shape index (κ2) is 9.22. The summed E-state index contributed by atoms with van der Waals surface area (Å²) in [6.07, 6.45) is 4.09. The third-order valence-electron chi connectivity index (χ3n) is 8.16. The number of hydrogen-bond donors (Lipinski definition) is 1. The van der Waals surface area contributed by atoms with Gasteiger partial charge in [0.05, 0.1) is 12.7 Å². The molecule has 0 bridgehead atoms. The largest absolute Gasteiger partial charge is 0.496 e. The summed E-state index contributed by atoms with van der Waals surface area (Å²) in [5.74, 6) is 0.512. The summed E-state index contributed by atoms with van der Waals surface area (Å²) < 4.78 is 7.85. The van der Waals surface area contributed by atoms with Crippen LogP contribution in [0.4, 0.5) is 0 Å². The van der Waals surface area contributed by atoms with Gasteiger partial charge in [-0.1, -0.05) is 58.9 Å². The first-order valence-electron chi connectivity index (χ1n) is 12.8. The number of ether oxygens (including phenoxy) is 1. The average molecular weight is 473 g/mol. The Labute approximate surface area is 210 Å². The second-order valence-electron chi connectivity index (χ2n) is 11.3. The van der Waals surface area contributed by atoms with E-state index >= 15 is 0 Å². The SMILES string of the molecule is CCc1cc2c(cc1-c1cc(C(N)=O)c(C)n1CCc1ccccc1OC)C(C)(C)CCC2(C)C. The van der Waals surface area contributed by atoms with Crippen LogP contribution in [0.3, 0.4) is 0 Å². The fraction of sp³-hybridized carbons (Fsp3) is 0.452. The molecule has 0 spiro atoms. The van der Waals surface area contributed by atoms with Gasteiger partial charge in [0.2, 0.25) is 0 Å². The molecule has 3 aromatic rings. The van der Waals surface area contributed by atoms with Crippen molar-refractivity contribution in [3.05, 3.63) is 76.0 Å². The number of carbonyl (C=O) groups is 1. The summed E-state index contributed by atoms with van der Waals surface area (Å²) in [5, 5.41) is 0. The molecule has 0 unspecified atom stereocenters. The number of nitrogens with two attached hydrogens (primary N) is 1. The number of benzene rings is 2. The van der Waals surface area contributed by atoms with E-state index in [-0.39, 0.29) is 16.7 Å². The summed E-state index contributed by atoms with van der Waals surface area (Å²) in [7, 11) is 1.71. The Morgan fingerprint density at radius 3 is 2.23 bits per heavy atom. The number of carbonyl (C=O) groups excluding carboxylic acids is 1. The number of aryl methyl sites for hydroxylation is 2. The van der Waals surface area contributed by atoms with Crippen molar-refractivity contribution in [2.24, 2.45) is 5.73 Å². The molecule has 2 N–H and O–H groups in total. The number of primary amides is 1. The zero-order chi connectivity index (χ0) is 25.5. The third kappa shape index (κ3) is 4.51. The van der Waals surface area contributed by atoms with Gasteiger partial charge in [0.25, 0.3) is 5.91 Å². The van der Waals surface area contributed by atoms with Crippen LogP contribution in [0.2, 0.25) is 0 Å². The number of fused-ring (bicyclic) bond motifs is 1. The molecule has 4 heteroatoms. The first-order chi connectivity index (χ1) is 16.5. The smallest absolute Gasteiger partial charge is 0.250 e. The molecule has 2 aromatic carbocycles. The van der Waals surface area contributed by atoms with Gasteiger partial charge in [-0.25, -0.2) is 0 Å². The van der Waals surface area contributed by atoms with E-state index in [1.165, 1.54) is 28.7 Å². The predicted octanol–water partition coefficient (Wildman–Crippen LogP) is 6.73. The lowest BCUT2D eigenvalue weighted by atomic mass is 9.62. The first kappa shape index (κ1) is 25.1. The molecule has 0 saturated carbocycles. The minimum absolute atomic E-state index is 0.113. The van der Waals surface area contributed by atoms with E-state index < -0.39 is 0 Å². The molecule has 1 aliphatic rings. The van der Waals surface area contributed by atoms with Gasteiger partial charge in [-0.2, -0.15) is 0 Å². The van der Waals surface area contributed by atoms with Crippen LogP contribution in [0.5, 0.6) is 5.75 Å². The number of rotatable bonds is 7. The number of nitrogens with zero attached hydrogens (tertiary/aromatic N) is 1. The molecular formula is C31H40N2O2. The second-order valence-corrected chi connectivity index (χ2v) is 11.3. The monoisotopic (exact) mass is 472 g/mol. The maximum Gasteiger partial charge on any atom is 0.250 e. The lowest BCUT2D eigenvalue weighted by Crippen LogP contribution is -2.34. The highest BCUT2D eigenvalue weighted by Crippen LogP contribution is 2.48. The van der Waals surface area contributed by atoms with Crippen LogP contribution in [-0.4, -0.2) is 17.6 Å². The van der Waals surface area contributed by atoms with Crippen molar-refractivity contribution in [3.63, 3.8) is 0 Å². The normalized spacial score (nSPS) is 16.1. The molecule has 0 fully saturated rings. The van der Waals surface area contributed by atoms with Crippen LogP contribution >= 0.6 is 0 Å². The lowest BCUT2D eigenvalue weighted by Gasteiger charge is -2.42. The minimum atomic E-state index is -0.378. The van der Waals surface area contributed by atoms with E-state index in [0.29, 0.717) is 5.56 Å². The Balaban J connectivity index is 1.88. The molecule has 35 heavy (non-hydrogen) atoms. The zero-order valence-electron chi connectivity index (χ0n) is 22.4. The summed E-state index contributed by atoms with van der Waals surface area (Å²) in [5.41, 5.74) is 15.3. The standard InChI is InChI=1S/C31H40N2O2/c1-8-21-17-25-26(31(5,6)15-14-30(25,3)4)18-24(21)27-19-23(29(32)34)20(2)33(27)16-13-22-11-9-10-12-28(22)35-7/h9-12,17-19H,8,13-16H2,1-7H3,(H2,32,34). The molecule has 0 aliphatic heterocycles. The van der Waals surface area contributed by atoms with Gasteiger partial charge < -0.3 is 15.0 Å². The van der Waals surface area contributed by atoms with E-state index in [1.807, 2.05) is 31.2 Å². The molecule has 0 saturated heterocycles. The van der Waals surface area contributed by atoms with Gasteiger partial charge in [-0.05, 0) is 83.9 Å². The van der Waals surface area contributed by atoms with Gasteiger partial charge in [-0.15, -0.1) is 0 Å². The minimum Gasteiger partial charge on any atom is -0.496 e. The quantitative estimate of drug-likeness (QED) is 0.415. The van der Waals surface area contributed by atoms with Crippen LogP contribution in [-0.2, 0) is 30.2 Å². The molecule has 186 valence electrons. The van der Waals surface area contributed by atoms with Crippen molar-refractivity contribution in [1.82, 2.24) is 4.57 Å². The molecule has 0 radical (unpaired) electrons. The molecule has 4 nitrogen and oxygen atoms in total. The lowest BCUT2D eigenvalue weighted by molar-refractivity contribution is 0.0999. The average Bonchev–Trinajstić information content (AvgIpc) is 3.16. The Hall–Kier alpha value is -3.01. The number of amides is 1. The van der Waals surface area contributed by atoms with Crippen molar-refractivity contribution < 1.29 is 9.53 Å². The fourth-order valence-electron chi connectivity index (χ4n) is 5.74. The summed E-state index contributed by atoms with van der Waals surface area (Å²) in [4.78, 5) is 12.4. The van der Waals surface area contributed by atoms with Crippen LogP contribution < -0.4 is 10.5 Å². The van der Waals surface area contributed by atoms with Crippen molar-refractivity contribution in [3.8, 4) is 17.0 Å². The van der Waals surface area contributed by atoms with Crippen LogP contribution in [0, 0.1) is 6.92 Å². The van der Waals surface area contributed by atoms with E-state index in [1.54, 1.807) is 7.11 Å². The number of hydrogen-bond acceptors (Lipinski definition) is 2. The highest BCUT2D eigenvalue weighted by atomic mass is 16.5. The van der Waals surface area contributed by atoms with Crippen molar-refractivity contribution in [2.75, 3.05) is 7.11 Å². The third-order valence-corrected chi connectivity index (χ3v) is 8.16. The van der Waals surface area contributed by atoms with Crippen LogP contribution in [0.1, 0.15) is 85.8 Å². The van der Waals surface area contributed by atoms with Crippen molar-refractivity contribution in [2.45, 2.75) is 84.6 Å². The first-order valence-corrected chi connectivity index (χ1v) is 12.8. The number of aromatic nitrogens is 1. The van der Waals surface area contributed by atoms with Crippen LogP contribution in [0.25, 0.3) is 11.3 Å². The molecule has 0 atom stereocenters. The molecule has 1 heterocycles. The van der Waals surface area contributed by atoms with Gasteiger partial charge in [0.1, 0.15) is 5.75 Å². The molecular weight excluding hydrogens is 432 g/mol. The summed E-state index contributed by atoms with van der Waals surface area (Å²) in [6.45, 7) is 14.4. The van der Waals surface area contributed by atoms with Crippen molar-refractivity contribution in [1.29, 1.82) is 0 Å². The zero-order valence-corrected chi connectivity index (χ0v) is 22.4. The Kier molecular flexibility index (Phi) is 6.61. The van der Waals surface area contributed by atoms with E-state index in [2.05, 4.69) is 57.4 Å². The fourth-order valence-corrected chi connectivity index (χ4v) is 5.74. The van der Waals surface area contributed by atoms with E-state index in [4.69, 9.17) is 10.5 Å². The maximum absolute atomic E-state index is 12.4. The highest BCUT2D eigenvalue weighted by molar-refractivity contribution is 5.96. The Morgan fingerprint density at radius 2 is 1.63 bits per heavy atom. The summed E-state index contributed by atoms with van der Waals surface area (Å²) in [6, 6.07) is 15.0. The molecule has 1 aromatic heterocycles. The highest BCUT2D eigenvalue weighted by Gasteiger charge is 2.38. The van der Waals surface area contributed by atoms with Gasteiger partial charge in [0, 0.05) is 23.5 Å². The topological polar surface area (TPSA) is 57.2 Å². The van der Waals surface area contributed by atoms with Gasteiger partial charge >= 0.3 is 0 Å². The molecule has 1 aliphatic carbocycles. The van der Waals surface area contributed by atoms with Crippen LogP contribution in [0.15, 0.2) is 42.5 Å². The molecule has 1 amide bonds. The Bertz CT molecular complexity index is 1260. The van der Waals surface area contributed by atoms with E-state index in [9.17, 15) is 4.79 Å².